The van der Waals surface area contributed by atoms with Crippen molar-refractivity contribution in [2.75, 3.05) is 0 Å². The van der Waals surface area contributed by atoms with E-state index < -0.39 is 0 Å². The van der Waals surface area contributed by atoms with E-state index in [1.54, 1.807) is 0 Å². The minimum absolute atomic E-state index is 0.274. The van der Waals surface area contributed by atoms with Gasteiger partial charge in [0, 0.05) is 5.70 Å². The van der Waals surface area contributed by atoms with Gasteiger partial charge < -0.3 is 11.2 Å². The van der Waals surface area contributed by atoms with Crippen LogP contribution in [-0.2, 0) is 0 Å². The van der Waals surface area contributed by atoms with Gasteiger partial charge in [-0.1, -0.05) is 30.3 Å². The predicted octanol–water partition coefficient (Wildman–Crippen LogP) is 2.31. The Kier molecular flexibility index (Phi) is 3.98. The molecule has 1 aromatic carbocycles. The number of nitrogens with two attached hydrogens (primary N) is 1. The van der Waals surface area contributed by atoms with E-state index in [0.717, 1.165) is 12.8 Å². The fraction of sp³-hybridized carbons (Fsp3) is 0.308. The highest BCUT2D eigenvalue weighted by Gasteiger charge is 2.13. The van der Waals surface area contributed by atoms with Gasteiger partial charge in [-0.15, -0.1) is 0 Å². The van der Waals surface area contributed by atoms with E-state index >= 15 is 0 Å². The number of hydrogen-bond donors (Lipinski definition) is 3. The monoisotopic (exact) mass is 247 g/mol. The first-order chi connectivity index (χ1) is 8.27. The summed E-state index contributed by atoms with van der Waals surface area (Å²) in [6, 6.07) is 10.4. The smallest absolute Gasteiger partial charge is 0.182 e. The molecule has 3 nitrogen and oxygen atoms in total. The average molecular weight is 247 g/mol. The zero-order chi connectivity index (χ0) is 12.1. The Morgan fingerprint density at radius 2 is 1.82 bits per heavy atom. The summed E-state index contributed by atoms with van der Waals surface area (Å²) in [6.45, 7) is 0. The number of nitrogens with one attached hydrogen (secondary N) is 2. The Hall–Kier alpha value is -1.55. The molecule has 0 spiro atoms. The first-order valence-corrected chi connectivity index (χ1v) is 6.27. The van der Waals surface area contributed by atoms with Crippen molar-refractivity contribution in [3.63, 3.8) is 0 Å². The van der Waals surface area contributed by atoms with E-state index in [1.807, 2.05) is 6.07 Å². The maximum absolute atomic E-state index is 5.43. The second-order valence-corrected chi connectivity index (χ2v) is 4.58. The molecule has 0 radical (unpaired) electrons. The van der Waals surface area contributed by atoms with Crippen LogP contribution in [0.4, 0.5) is 0 Å². The molecule has 17 heavy (non-hydrogen) atoms. The van der Waals surface area contributed by atoms with E-state index in [1.165, 1.54) is 29.7 Å². The molecule has 0 aliphatic heterocycles. The third-order valence-corrected chi connectivity index (χ3v) is 3.03. The summed E-state index contributed by atoms with van der Waals surface area (Å²) in [5.74, 6) is 0. The van der Waals surface area contributed by atoms with Crippen molar-refractivity contribution in [2.45, 2.75) is 25.7 Å². The lowest BCUT2D eigenvalue weighted by atomic mass is 9.91. The highest BCUT2D eigenvalue weighted by molar-refractivity contribution is 7.80. The van der Waals surface area contributed by atoms with E-state index in [0.29, 0.717) is 0 Å². The summed E-state index contributed by atoms with van der Waals surface area (Å²) >= 11 is 4.80. The Morgan fingerprint density at radius 1 is 1.12 bits per heavy atom. The number of benzene rings is 1. The Bertz CT molecular complexity index is 426. The molecule has 1 aliphatic rings. The van der Waals surface area contributed by atoms with Gasteiger partial charge in [-0.3, -0.25) is 5.43 Å². The summed E-state index contributed by atoms with van der Waals surface area (Å²) in [7, 11) is 0. The number of hydrogen-bond acceptors (Lipinski definition) is 2. The van der Waals surface area contributed by atoms with Crippen molar-refractivity contribution in [2.24, 2.45) is 5.73 Å². The molecule has 0 heterocycles. The third kappa shape index (κ3) is 3.20. The second-order valence-electron chi connectivity index (χ2n) is 4.14. The molecular weight excluding hydrogens is 230 g/mol. The molecule has 2 rings (SSSR count). The zero-order valence-electron chi connectivity index (χ0n) is 9.70. The van der Waals surface area contributed by atoms with Crippen molar-refractivity contribution >= 4 is 22.9 Å². The predicted molar refractivity (Wildman–Crippen MR) is 74.9 cm³/mol. The van der Waals surface area contributed by atoms with E-state index in [9.17, 15) is 0 Å². The minimum Gasteiger partial charge on any atom is -0.375 e. The molecule has 1 aliphatic carbocycles. The van der Waals surface area contributed by atoms with Crippen LogP contribution in [0.15, 0.2) is 36.0 Å². The van der Waals surface area contributed by atoms with Crippen LogP contribution in [0.5, 0.6) is 0 Å². The van der Waals surface area contributed by atoms with Crippen molar-refractivity contribution in [1.29, 1.82) is 0 Å². The molecule has 0 unspecified atom stereocenters. The zero-order valence-corrected chi connectivity index (χ0v) is 10.5. The molecular formula is C13H17N3S. The van der Waals surface area contributed by atoms with Crippen molar-refractivity contribution < 1.29 is 0 Å². The highest BCUT2D eigenvalue weighted by atomic mass is 32.1. The lowest BCUT2D eigenvalue weighted by Crippen LogP contribution is -2.40. The third-order valence-electron chi connectivity index (χ3n) is 2.93. The first kappa shape index (κ1) is 11.9. The lowest BCUT2D eigenvalue weighted by molar-refractivity contribution is 0.635. The van der Waals surface area contributed by atoms with Crippen LogP contribution < -0.4 is 16.6 Å². The van der Waals surface area contributed by atoms with Crippen LogP contribution in [-0.4, -0.2) is 5.11 Å². The molecule has 1 aromatic rings. The van der Waals surface area contributed by atoms with Gasteiger partial charge in [0.05, 0.1) is 0 Å². The number of thiocarbonyl (C=S) groups is 1. The van der Waals surface area contributed by atoms with Gasteiger partial charge in [0.15, 0.2) is 5.11 Å². The largest absolute Gasteiger partial charge is 0.375 e. The van der Waals surface area contributed by atoms with Crippen LogP contribution in [0.3, 0.4) is 0 Å². The Labute approximate surface area is 107 Å². The quantitative estimate of drug-likeness (QED) is 0.567. The molecule has 0 saturated carbocycles. The van der Waals surface area contributed by atoms with Crippen LogP contribution in [0.25, 0.3) is 5.57 Å². The standard InChI is InChI=1S/C13H17N3S/c14-13(17)16-15-12-9-5-4-8-11(12)10-6-2-1-3-7-10/h1-3,6-7,15H,4-5,8-9H2,(H3,14,16,17). The van der Waals surface area contributed by atoms with Crippen LogP contribution >= 0.6 is 12.2 Å². The summed E-state index contributed by atoms with van der Waals surface area (Å²) in [6.07, 6.45) is 4.59. The maximum Gasteiger partial charge on any atom is 0.182 e. The van der Waals surface area contributed by atoms with Crippen LogP contribution in [0.1, 0.15) is 31.2 Å². The molecule has 0 bridgehead atoms. The molecule has 0 saturated heterocycles. The van der Waals surface area contributed by atoms with Gasteiger partial charge in [0.1, 0.15) is 0 Å². The molecule has 0 atom stereocenters. The van der Waals surface area contributed by atoms with Crippen molar-refractivity contribution in [1.82, 2.24) is 10.9 Å². The van der Waals surface area contributed by atoms with Crippen molar-refractivity contribution in [3.8, 4) is 0 Å². The highest BCUT2D eigenvalue weighted by Crippen LogP contribution is 2.30. The first-order valence-electron chi connectivity index (χ1n) is 5.86. The average Bonchev–Trinajstić information content (AvgIpc) is 2.38. The molecule has 0 fully saturated rings. The van der Waals surface area contributed by atoms with Crippen LogP contribution in [0, 0.1) is 0 Å². The van der Waals surface area contributed by atoms with Gasteiger partial charge >= 0.3 is 0 Å². The van der Waals surface area contributed by atoms with Crippen molar-refractivity contribution in [3.05, 3.63) is 41.6 Å². The van der Waals surface area contributed by atoms with E-state index in [2.05, 4.69) is 35.1 Å². The summed E-state index contributed by atoms with van der Waals surface area (Å²) < 4.78 is 0. The van der Waals surface area contributed by atoms with Gasteiger partial charge in [-0.05, 0) is 49.0 Å². The maximum atomic E-state index is 5.43. The van der Waals surface area contributed by atoms with Gasteiger partial charge in [0.25, 0.3) is 0 Å². The van der Waals surface area contributed by atoms with Gasteiger partial charge in [-0.25, -0.2) is 0 Å². The minimum atomic E-state index is 0.274. The fourth-order valence-electron chi connectivity index (χ4n) is 2.14. The van der Waals surface area contributed by atoms with E-state index in [4.69, 9.17) is 18.0 Å². The molecule has 90 valence electrons. The van der Waals surface area contributed by atoms with Gasteiger partial charge in [0.2, 0.25) is 0 Å². The normalized spacial score (nSPS) is 15.5. The summed E-state index contributed by atoms with van der Waals surface area (Å²) in [5.41, 5.74) is 15.2. The van der Waals surface area contributed by atoms with E-state index in [-0.39, 0.29) is 5.11 Å². The topological polar surface area (TPSA) is 50.1 Å². The summed E-state index contributed by atoms with van der Waals surface area (Å²) in [4.78, 5) is 0. The fourth-order valence-corrected chi connectivity index (χ4v) is 2.19. The summed E-state index contributed by atoms with van der Waals surface area (Å²) in [5, 5.41) is 0.274. The number of allylic oxidation sites excluding steroid dienone is 2. The van der Waals surface area contributed by atoms with Gasteiger partial charge in [-0.2, -0.15) is 0 Å². The Balaban J connectivity index is 2.22. The molecule has 4 N–H and O–H groups in total. The molecule has 0 amide bonds. The number of rotatable bonds is 3. The molecule has 0 aromatic heterocycles. The lowest BCUT2D eigenvalue weighted by Gasteiger charge is -2.22. The molecule has 4 heteroatoms. The number of hydrazine groups is 1. The SMILES string of the molecule is NC(=S)NNC1=C(c2ccccc2)CCCC1. The van der Waals surface area contributed by atoms with Crippen LogP contribution in [0.2, 0.25) is 0 Å². The Morgan fingerprint density at radius 3 is 2.53 bits per heavy atom. The second kappa shape index (κ2) is 5.68.